The van der Waals surface area contributed by atoms with E-state index in [1.165, 1.54) is 0 Å². The SMILES string of the molecule is CCC(=O)N1Cc2[nH]nc(Nc3cc(-c4ccccc4)nc(N4CCC[C@H]4COC)n3)c2C1. The molecular weight excluding hydrogens is 418 g/mol. The van der Waals surface area contributed by atoms with E-state index < -0.39 is 0 Å². The Bertz CT molecular complexity index is 1130. The fourth-order valence-corrected chi connectivity index (χ4v) is 4.61. The van der Waals surface area contributed by atoms with Gasteiger partial charge >= 0.3 is 0 Å². The number of nitrogens with one attached hydrogen (secondary N) is 2. The van der Waals surface area contributed by atoms with Gasteiger partial charge in [0, 0.05) is 37.3 Å². The van der Waals surface area contributed by atoms with Crippen LogP contribution < -0.4 is 10.2 Å². The van der Waals surface area contributed by atoms with E-state index in [0.29, 0.717) is 43.7 Å². The largest absolute Gasteiger partial charge is 0.383 e. The van der Waals surface area contributed by atoms with Gasteiger partial charge in [-0.05, 0) is 12.8 Å². The summed E-state index contributed by atoms with van der Waals surface area (Å²) in [5, 5.41) is 10.9. The molecule has 0 radical (unpaired) electrons. The Kier molecular flexibility index (Phi) is 5.95. The molecule has 0 saturated carbocycles. The monoisotopic (exact) mass is 447 g/mol. The molecule has 1 amide bonds. The first-order valence-electron chi connectivity index (χ1n) is 11.5. The number of carbonyl (C=O) groups is 1. The fourth-order valence-electron chi connectivity index (χ4n) is 4.61. The summed E-state index contributed by atoms with van der Waals surface area (Å²) in [5.41, 5.74) is 3.85. The lowest BCUT2D eigenvalue weighted by Gasteiger charge is -2.25. The zero-order valence-electron chi connectivity index (χ0n) is 19.0. The Labute approximate surface area is 193 Å². The molecule has 2 N–H and O–H groups in total. The lowest BCUT2D eigenvalue weighted by Crippen LogP contribution is -2.34. The van der Waals surface area contributed by atoms with Gasteiger partial charge in [0.25, 0.3) is 0 Å². The lowest BCUT2D eigenvalue weighted by atomic mass is 10.1. The number of fused-ring (bicyclic) bond motifs is 1. The maximum atomic E-state index is 12.2. The van der Waals surface area contributed by atoms with E-state index in [-0.39, 0.29) is 11.9 Å². The van der Waals surface area contributed by atoms with Crippen molar-refractivity contribution in [2.45, 2.75) is 45.3 Å². The summed E-state index contributed by atoms with van der Waals surface area (Å²) in [6, 6.07) is 12.3. The van der Waals surface area contributed by atoms with Crippen molar-refractivity contribution in [3.63, 3.8) is 0 Å². The molecule has 0 spiro atoms. The summed E-state index contributed by atoms with van der Waals surface area (Å²) in [6.45, 7) is 4.54. The summed E-state index contributed by atoms with van der Waals surface area (Å²) < 4.78 is 5.44. The second-order valence-electron chi connectivity index (χ2n) is 8.51. The highest BCUT2D eigenvalue weighted by Crippen LogP contribution is 2.32. The Morgan fingerprint density at radius 1 is 1.24 bits per heavy atom. The molecule has 172 valence electrons. The summed E-state index contributed by atoms with van der Waals surface area (Å²) in [6.07, 6.45) is 2.64. The van der Waals surface area contributed by atoms with Crippen LogP contribution in [0.15, 0.2) is 36.4 Å². The van der Waals surface area contributed by atoms with Crippen molar-refractivity contribution >= 4 is 23.5 Å². The molecule has 2 aliphatic rings. The number of anilines is 3. The number of rotatable bonds is 7. The molecule has 1 atom stereocenters. The Morgan fingerprint density at radius 2 is 2.09 bits per heavy atom. The standard InChI is InChI=1S/C24H29N7O2/c1-3-22(32)30-13-18-20(14-30)28-29-23(18)26-21-12-19(16-8-5-4-6-9-16)25-24(27-21)31-11-7-10-17(31)15-33-2/h4-6,8-9,12,17H,3,7,10-11,13-15H2,1-2H3,(H2,25,26,27,28,29)/t17-/m0/s1. The first-order chi connectivity index (χ1) is 16.2. The van der Waals surface area contributed by atoms with Crippen molar-refractivity contribution in [3.05, 3.63) is 47.7 Å². The van der Waals surface area contributed by atoms with Crippen molar-refractivity contribution in [3.8, 4) is 11.3 Å². The second-order valence-corrected chi connectivity index (χ2v) is 8.51. The number of nitrogens with zero attached hydrogens (tertiary/aromatic N) is 5. The third kappa shape index (κ3) is 4.28. The molecule has 3 aromatic rings. The van der Waals surface area contributed by atoms with Gasteiger partial charge in [-0.2, -0.15) is 10.1 Å². The van der Waals surface area contributed by atoms with Crippen LogP contribution >= 0.6 is 0 Å². The van der Waals surface area contributed by atoms with Gasteiger partial charge in [-0.25, -0.2) is 4.98 Å². The van der Waals surface area contributed by atoms with Crippen LogP contribution in [0.4, 0.5) is 17.6 Å². The van der Waals surface area contributed by atoms with Gasteiger partial charge in [0.05, 0.1) is 37.1 Å². The Balaban J connectivity index is 1.48. The molecule has 0 aliphatic carbocycles. The van der Waals surface area contributed by atoms with Crippen LogP contribution in [0.1, 0.15) is 37.4 Å². The molecule has 5 rings (SSSR count). The maximum absolute atomic E-state index is 12.2. The van der Waals surface area contributed by atoms with Gasteiger partial charge in [-0.15, -0.1) is 0 Å². The number of H-pyrrole nitrogens is 1. The molecule has 1 aromatic carbocycles. The van der Waals surface area contributed by atoms with Crippen LogP contribution in [0.3, 0.4) is 0 Å². The number of hydrogen-bond donors (Lipinski definition) is 2. The van der Waals surface area contributed by atoms with E-state index in [4.69, 9.17) is 14.7 Å². The van der Waals surface area contributed by atoms with Crippen LogP contribution in [0, 0.1) is 0 Å². The van der Waals surface area contributed by atoms with Crippen molar-refractivity contribution in [2.24, 2.45) is 0 Å². The zero-order chi connectivity index (χ0) is 22.8. The molecule has 4 heterocycles. The number of amides is 1. The number of hydrogen-bond acceptors (Lipinski definition) is 7. The quantitative estimate of drug-likeness (QED) is 0.572. The van der Waals surface area contributed by atoms with E-state index in [2.05, 4.69) is 20.4 Å². The summed E-state index contributed by atoms with van der Waals surface area (Å²) in [4.78, 5) is 26.0. The third-order valence-electron chi connectivity index (χ3n) is 6.33. The van der Waals surface area contributed by atoms with Gasteiger partial charge in [0.1, 0.15) is 5.82 Å². The van der Waals surface area contributed by atoms with Gasteiger partial charge in [-0.1, -0.05) is 37.3 Å². The summed E-state index contributed by atoms with van der Waals surface area (Å²) >= 11 is 0. The predicted octanol–water partition coefficient (Wildman–Crippen LogP) is 3.48. The molecule has 2 aromatic heterocycles. The number of aromatic amines is 1. The maximum Gasteiger partial charge on any atom is 0.228 e. The number of carbonyl (C=O) groups excluding carboxylic acids is 1. The smallest absolute Gasteiger partial charge is 0.228 e. The van der Waals surface area contributed by atoms with Crippen LogP contribution in [0.5, 0.6) is 0 Å². The van der Waals surface area contributed by atoms with E-state index >= 15 is 0 Å². The fraction of sp³-hybridized carbons (Fsp3) is 0.417. The minimum absolute atomic E-state index is 0.138. The van der Waals surface area contributed by atoms with Gasteiger partial charge in [-0.3, -0.25) is 9.89 Å². The van der Waals surface area contributed by atoms with E-state index in [1.54, 1.807) is 7.11 Å². The molecule has 0 bridgehead atoms. The first kappa shape index (κ1) is 21.4. The van der Waals surface area contributed by atoms with Gasteiger partial charge in [0.15, 0.2) is 5.82 Å². The average molecular weight is 448 g/mol. The predicted molar refractivity (Wildman–Crippen MR) is 126 cm³/mol. The van der Waals surface area contributed by atoms with Crippen molar-refractivity contribution in [1.29, 1.82) is 0 Å². The average Bonchev–Trinajstić information content (AvgIpc) is 3.57. The van der Waals surface area contributed by atoms with Crippen LogP contribution in [0.2, 0.25) is 0 Å². The minimum atomic E-state index is 0.138. The minimum Gasteiger partial charge on any atom is -0.383 e. The highest BCUT2D eigenvalue weighted by molar-refractivity contribution is 5.77. The molecule has 2 aliphatic heterocycles. The molecule has 1 saturated heterocycles. The topological polar surface area (TPSA) is 99.3 Å². The number of benzene rings is 1. The highest BCUT2D eigenvalue weighted by Gasteiger charge is 2.29. The van der Waals surface area contributed by atoms with Crippen molar-refractivity contribution in [2.75, 3.05) is 30.5 Å². The van der Waals surface area contributed by atoms with E-state index in [1.807, 2.05) is 48.2 Å². The lowest BCUT2D eigenvalue weighted by molar-refractivity contribution is -0.131. The number of methoxy groups -OCH3 is 1. The summed E-state index contributed by atoms with van der Waals surface area (Å²) in [7, 11) is 1.73. The summed E-state index contributed by atoms with van der Waals surface area (Å²) in [5.74, 6) is 2.21. The molecular formula is C24H29N7O2. The van der Waals surface area contributed by atoms with Gasteiger partial charge < -0.3 is 19.9 Å². The Morgan fingerprint density at radius 3 is 2.88 bits per heavy atom. The zero-order valence-corrected chi connectivity index (χ0v) is 19.0. The highest BCUT2D eigenvalue weighted by atomic mass is 16.5. The van der Waals surface area contributed by atoms with Crippen LogP contribution in [0.25, 0.3) is 11.3 Å². The second kappa shape index (κ2) is 9.19. The molecule has 9 nitrogen and oxygen atoms in total. The molecule has 33 heavy (non-hydrogen) atoms. The molecule has 9 heteroatoms. The normalized spacial score (nSPS) is 17.5. The van der Waals surface area contributed by atoms with Crippen molar-refractivity contribution < 1.29 is 9.53 Å². The van der Waals surface area contributed by atoms with E-state index in [0.717, 1.165) is 41.9 Å². The third-order valence-corrected chi connectivity index (χ3v) is 6.33. The van der Waals surface area contributed by atoms with Crippen LogP contribution in [-0.4, -0.2) is 57.3 Å². The molecule has 0 unspecified atom stereocenters. The first-order valence-corrected chi connectivity index (χ1v) is 11.5. The number of aromatic nitrogens is 4. The van der Waals surface area contributed by atoms with Crippen molar-refractivity contribution in [1.82, 2.24) is 25.1 Å². The number of ether oxygens (including phenoxy) is 1. The Hall–Kier alpha value is -3.46. The van der Waals surface area contributed by atoms with Crippen LogP contribution in [-0.2, 0) is 22.6 Å². The van der Waals surface area contributed by atoms with E-state index in [9.17, 15) is 4.79 Å². The van der Waals surface area contributed by atoms with Gasteiger partial charge in [0.2, 0.25) is 11.9 Å². The molecule has 1 fully saturated rings.